The molecule has 4 aliphatic rings. The van der Waals surface area contributed by atoms with E-state index in [0.717, 1.165) is 29.2 Å². The number of carbonyl (C=O) groups excluding carboxylic acids is 4. The second kappa shape index (κ2) is 22.9. The maximum Gasteiger partial charge on any atom is 0.417 e. The highest BCUT2D eigenvalue weighted by molar-refractivity contribution is 7.80. The largest absolute Gasteiger partial charge is 0.498 e. The van der Waals surface area contributed by atoms with Gasteiger partial charge in [-0.3, -0.25) is 29.1 Å². The highest BCUT2D eigenvalue weighted by Gasteiger charge is 2.51. The minimum atomic E-state index is -4.80. The van der Waals surface area contributed by atoms with Crippen molar-refractivity contribution in [3.8, 4) is 6.07 Å². The summed E-state index contributed by atoms with van der Waals surface area (Å²) >= 11 is 5.65. The molecule has 1 aliphatic carbocycles. The summed E-state index contributed by atoms with van der Waals surface area (Å²) in [7, 11) is 0. The Morgan fingerprint density at radius 3 is 2.41 bits per heavy atom. The van der Waals surface area contributed by atoms with Crippen molar-refractivity contribution in [3.05, 3.63) is 88.1 Å². The molecule has 70 heavy (non-hydrogen) atoms. The highest BCUT2D eigenvalue weighted by atomic mass is 32.1. The number of aliphatic hydroxyl groups excluding tert-OH is 1. The van der Waals surface area contributed by atoms with Crippen LogP contribution in [0.25, 0.3) is 0 Å². The molecule has 2 fully saturated rings. The number of benzene rings is 2. The number of nitriles is 1. The Morgan fingerprint density at radius 1 is 1.03 bits per heavy atom. The lowest BCUT2D eigenvalue weighted by Gasteiger charge is -2.35. The van der Waals surface area contributed by atoms with Gasteiger partial charge in [0.2, 0.25) is 17.7 Å². The van der Waals surface area contributed by atoms with E-state index in [4.69, 9.17) is 31.2 Å². The number of aliphatic hydroxyl groups is 1. The van der Waals surface area contributed by atoms with Crippen molar-refractivity contribution in [3.63, 3.8) is 0 Å². The average molecular weight is 998 g/mol. The Kier molecular flexibility index (Phi) is 17.4. The van der Waals surface area contributed by atoms with Crippen LogP contribution in [0.3, 0.4) is 0 Å². The van der Waals surface area contributed by atoms with Crippen molar-refractivity contribution in [1.82, 2.24) is 20.4 Å². The van der Waals surface area contributed by atoms with Crippen LogP contribution in [0.2, 0.25) is 0 Å². The van der Waals surface area contributed by atoms with Gasteiger partial charge in [0.15, 0.2) is 11.5 Å². The van der Waals surface area contributed by atoms with Gasteiger partial charge in [-0.1, -0.05) is 32.9 Å². The number of amides is 4. The molecular formula is C49H59F4N7O9S. The molecule has 21 heteroatoms. The summed E-state index contributed by atoms with van der Waals surface area (Å²) in [6.45, 7) is 10.1. The maximum atomic E-state index is 14.8. The fraction of sp³-hybridized carbons (Fsp3) is 0.531. The van der Waals surface area contributed by atoms with Crippen molar-refractivity contribution < 1.29 is 60.8 Å². The zero-order valence-corrected chi connectivity index (χ0v) is 40.6. The average Bonchev–Trinajstić information content (AvgIpc) is 4.03. The van der Waals surface area contributed by atoms with E-state index < -0.39 is 82.0 Å². The van der Waals surface area contributed by atoms with Crippen LogP contribution in [0.1, 0.15) is 102 Å². The molecule has 1 unspecified atom stereocenters. The Morgan fingerprint density at radius 2 is 1.76 bits per heavy atom. The number of β-amino-alcohol motifs (C(OH)–C–C–N with tert-alkyl or cyclic N) is 1. The number of hydrogen-bond donors (Lipinski definition) is 3. The first-order valence-corrected chi connectivity index (χ1v) is 23.5. The Balaban J connectivity index is 0.865. The zero-order valence-electron chi connectivity index (χ0n) is 39.8. The lowest BCUT2D eigenvalue weighted by Crippen LogP contribution is -2.58. The summed E-state index contributed by atoms with van der Waals surface area (Å²) in [6.07, 6.45) is 1.54. The van der Waals surface area contributed by atoms with Gasteiger partial charge in [0.1, 0.15) is 36.2 Å². The van der Waals surface area contributed by atoms with Crippen molar-refractivity contribution in [1.29, 1.82) is 5.26 Å². The number of ether oxygens (including phenoxy) is 4. The third kappa shape index (κ3) is 12.9. The molecule has 4 amide bonds. The van der Waals surface area contributed by atoms with Crippen LogP contribution in [0, 0.1) is 22.6 Å². The Hall–Kier alpha value is -5.95. The van der Waals surface area contributed by atoms with E-state index >= 15 is 0 Å². The number of likely N-dealkylation sites (tertiary alicyclic amines) is 1. The van der Waals surface area contributed by atoms with Gasteiger partial charge in [0, 0.05) is 57.0 Å². The van der Waals surface area contributed by atoms with Gasteiger partial charge in [-0.2, -0.15) is 18.4 Å². The number of nitrogens with one attached hydrogen (secondary N) is 2. The lowest BCUT2D eigenvalue weighted by atomic mass is 9.85. The predicted octanol–water partition coefficient (Wildman–Crippen LogP) is 6.12. The van der Waals surface area contributed by atoms with E-state index in [1.54, 1.807) is 69.9 Å². The van der Waals surface area contributed by atoms with Gasteiger partial charge < -0.3 is 44.5 Å². The van der Waals surface area contributed by atoms with Crippen LogP contribution < -0.4 is 15.5 Å². The molecule has 6 rings (SSSR count). The normalized spacial score (nSPS) is 20.5. The van der Waals surface area contributed by atoms with Crippen LogP contribution in [-0.2, 0) is 50.8 Å². The molecule has 0 spiro atoms. The molecule has 2 aromatic rings. The van der Waals surface area contributed by atoms with Gasteiger partial charge in [0.25, 0.3) is 5.91 Å². The monoisotopic (exact) mass is 997 g/mol. The number of rotatable bonds is 20. The maximum absolute atomic E-state index is 14.8. The second-order valence-corrected chi connectivity index (χ2v) is 19.3. The molecule has 3 heterocycles. The first-order chi connectivity index (χ1) is 33.1. The fourth-order valence-corrected chi connectivity index (χ4v) is 9.04. The number of unbranched alkanes of at least 4 members (excludes halogenated alkanes) is 1. The van der Waals surface area contributed by atoms with Crippen molar-refractivity contribution in [2.45, 2.75) is 116 Å². The Bertz CT molecular complexity index is 2430. The topological polar surface area (TPSA) is 195 Å². The van der Waals surface area contributed by atoms with E-state index in [0.29, 0.717) is 68.9 Å². The van der Waals surface area contributed by atoms with Gasteiger partial charge >= 0.3 is 6.18 Å². The number of anilines is 1. The van der Waals surface area contributed by atoms with Crippen LogP contribution in [0.5, 0.6) is 0 Å². The minimum Gasteiger partial charge on any atom is -0.498 e. The molecule has 2 saturated heterocycles. The molecule has 3 N–H and O–H groups in total. The highest BCUT2D eigenvalue weighted by Crippen LogP contribution is 2.41. The van der Waals surface area contributed by atoms with Gasteiger partial charge in [-0.25, -0.2) is 4.39 Å². The third-order valence-electron chi connectivity index (χ3n) is 12.2. The zero-order chi connectivity index (χ0) is 51.0. The van der Waals surface area contributed by atoms with Crippen molar-refractivity contribution in [2.24, 2.45) is 10.4 Å². The van der Waals surface area contributed by atoms with E-state index in [9.17, 15) is 47.1 Å². The summed E-state index contributed by atoms with van der Waals surface area (Å²) in [5.41, 5.74) is -2.15. The van der Waals surface area contributed by atoms with E-state index in [-0.39, 0.29) is 43.5 Å². The number of nitrogens with zero attached hydrogens (tertiary/aromatic N) is 5. The first kappa shape index (κ1) is 53.4. The molecule has 3 aliphatic heterocycles. The fourth-order valence-electron chi connectivity index (χ4n) is 8.50. The SMILES string of the molecule is CC(C)(C)[C@H](NC(=O)COCCCOCCCCOC1=CC=C(N2C(=S)N(c3ccc(C#N)c(C(F)(F)F)c3)C(=O)C2(C)C)CC1)C(=O)N1C[C@H](O)C[C@@H]1C(=O)NCc1ccc(C2CN=CO2)c(F)c1. The summed E-state index contributed by atoms with van der Waals surface area (Å²) in [5.74, 6) is -1.82. The number of allylic oxidation sites excluding steroid dienone is 4. The smallest absolute Gasteiger partial charge is 0.417 e. The number of halogens is 4. The standard InChI is InChI=1S/C49H59F4N7O9S/c1-47(2,3)42(44(64)58-27-34(61)23-39(58)43(63)56-25-30-9-16-36(38(50)21-30)40-26-55-29-69-40)57-41(62)28-67-19-8-18-66-17-6-7-20-68-35-14-12-32(13-15-35)60-46(70)59(45(65)48(60,4)5)33-11-10-31(24-54)37(22-33)49(51,52)53/h9-12,14,16,21-22,29,34,39-40,42,61H,6-8,13,15,17-20,23,25-28H2,1-5H3,(H,56,63)(H,57,62)/t34-,39-,40?,42-/m1/s1. The van der Waals surface area contributed by atoms with Crippen molar-refractivity contribution in [2.75, 3.05) is 51.0 Å². The first-order valence-electron chi connectivity index (χ1n) is 23.1. The molecule has 378 valence electrons. The van der Waals surface area contributed by atoms with Crippen molar-refractivity contribution >= 4 is 53.0 Å². The van der Waals surface area contributed by atoms with Gasteiger partial charge in [-0.15, -0.1) is 0 Å². The number of hydrogen-bond acceptors (Lipinski definition) is 12. The van der Waals surface area contributed by atoms with Crippen LogP contribution >= 0.6 is 12.2 Å². The van der Waals surface area contributed by atoms with Crippen LogP contribution in [0.15, 0.2) is 65.0 Å². The molecule has 16 nitrogen and oxygen atoms in total. The van der Waals surface area contributed by atoms with Crippen LogP contribution in [0.4, 0.5) is 23.2 Å². The van der Waals surface area contributed by atoms with E-state index in [2.05, 4.69) is 15.6 Å². The number of thiocarbonyl (C=S) groups is 1. The van der Waals surface area contributed by atoms with Crippen LogP contribution in [-0.4, -0.2) is 120 Å². The lowest BCUT2D eigenvalue weighted by molar-refractivity contribution is -0.144. The molecule has 0 saturated carbocycles. The van der Waals surface area contributed by atoms with Gasteiger partial charge in [-0.05, 0) is 99.1 Å². The predicted molar refractivity (Wildman–Crippen MR) is 252 cm³/mol. The minimum absolute atomic E-state index is 0.00118. The quantitative estimate of drug-likeness (QED) is 0.0783. The second-order valence-electron chi connectivity index (χ2n) is 19.0. The molecule has 4 atom stereocenters. The van der Waals surface area contributed by atoms with E-state index in [1.165, 1.54) is 23.4 Å². The Labute approximate surface area is 409 Å². The molecule has 0 bridgehead atoms. The molecule has 0 aromatic heterocycles. The molecule has 2 aromatic carbocycles. The summed E-state index contributed by atoms with van der Waals surface area (Å²) in [4.78, 5) is 61.8. The summed E-state index contributed by atoms with van der Waals surface area (Å²) < 4.78 is 78.5. The molecular weight excluding hydrogens is 939 g/mol. The summed E-state index contributed by atoms with van der Waals surface area (Å²) in [6, 6.07) is 7.16. The summed E-state index contributed by atoms with van der Waals surface area (Å²) in [5, 5.41) is 25.2. The third-order valence-corrected chi connectivity index (χ3v) is 12.6. The van der Waals surface area contributed by atoms with Gasteiger partial charge in [0.05, 0.1) is 47.9 Å². The number of aliphatic imine (C=N–C) groups is 1. The number of carbonyl (C=O) groups is 4. The number of alkyl halides is 3. The molecule has 0 radical (unpaired) electrons. The van der Waals surface area contributed by atoms with E-state index in [1.807, 2.05) is 0 Å².